The minimum absolute atomic E-state index is 0.00797. The van der Waals surface area contributed by atoms with Crippen LogP contribution < -0.4 is 10.2 Å². The van der Waals surface area contributed by atoms with E-state index in [2.05, 4.69) is 5.32 Å². The molecule has 6 nitrogen and oxygen atoms in total. The second kappa shape index (κ2) is 5.72. The highest BCUT2D eigenvalue weighted by atomic mass is 16.4. The zero-order chi connectivity index (χ0) is 17.7. The number of benzene rings is 1. The van der Waals surface area contributed by atoms with Crippen LogP contribution in [0.25, 0.3) is 0 Å². The number of hydrogen-bond donors (Lipinski definition) is 2. The van der Waals surface area contributed by atoms with E-state index in [1.54, 1.807) is 17.9 Å². The zero-order valence-electron chi connectivity index (χ0n) is 13.9. The molecule has 3 aliphatic rings. The summed E-state index contributed by atoms with van der Waals surface area (Å²) in [6.07, 6.45) is 5.40. The van der Waals surface area contributed by atoms with Crippen molar-refractivity contribution in [2.24, 2.45) is 23.7 Å². The largest absolute Gasteiger partial charge is 0.481 e. The standard InChI is InChI=1S/C19H20N2O4/c1-10(22)21-7-6-11-9-14(4-5-15(11)21)20-18(23)16-12-2-3-13(8-12)17(16)19(24)25/h2-5,9,12-13,16-17H,6-8H2,1H3,(H,20,23)(H,24,25)/t12-,13+,16-,17+/m1/s1. The second-order valence-electron chi connectivity index (χ2n) is 7.09. The minimum Gasteiger partial charge on any atom is -0.481 e. The average Bonchev–Trinajstić information content (AvgIpc) is 3.27. The molecule has 4 atom stereocenters. The number of allylic oxidation sites excluding steroid dienone is 2. The Kier molecular flexibility index (Phi) is 3.63. The Morgan fingerprint density at radius 2 is 1.88 bits per heavy atom. The van der Waals surface area contributed by atoms with Crippen molar-refractivity contribution in [3.63, 3.8) is 0 Å². The van der Waals surface area contributed by atoms with Gasteiger partial charge in [0.15, 0.2) is 0 Å². The first kappa shape index (κ1) is 15.9. The van der Waals surface area contributed by atoms with E-state index in [0.717, 1.165) is 24.1 Å². The number of nitrogens with zero attached hydrogens (tertiary/aromatic N) is 1. The van der Waals surface area contributed by atoms with E-state index in [0.29, 0.717) is 12.2 Å². The quantitative estimate of drug-likeness (QED) is 0.825. The molecular weight excluding hydrogens is 320 g/mol. The Balaban J connectivity index is 1.53. The van der Waals surface area contributed by atoms with Crippen LogP contribution in [0.5, 0.6) is 0 Å². The molecule has 25 heavy (non-hydrogen) atoms. The summed E-state index contributed by atoms with van der Waals surface area (Å²) in [5.41, 5.74) is 2.57. The summed E-state index contributed by atoms with van der Waals surface area (Å²) in [4.78, 5) is 37.6. The van der Waals surface area contributed by atoms with Gasteiger partial charge < -0.3 is 15.3 Å². The molecule has 0 unspecified atom stereocenters. The van der Waals surface area contributed by atoms with Crippen LogP contribution in [-0.4, -0.2) is 29.4 Å². The van der Waals surface area contributed by atoms with Crippen LogP contribution in [0.4, 0.5) is 11.4 Å². The van der Waals surface area contributed by atoms with E-state index in [-0.39, 0.29) is 23.7 Å². The van der Waals surface area contributed by atoms with E-state index in [1.807, 2.05) is 24.3 Å². The van der Waals surface area contributed by atoms with Crippen molar-refractivity contribution in [2.75, 3.05) is 16.8 Å². The van der Waals surface area contributed by atoms with Gasteiger partial charge in [-0.1, -0.05) is 12.2 Å². The van der Waals surface area contributed by atoms with Gasteiger partial charge in [-0.15, -0.1) is 0 Å². The molecule has 1 aromatic rings. The number of carboxylic acids is 1. The molecule has 1 heterocycles. The highest BCUT2D eigenvalue weighted by molar-refractivity contribution is 5.98. The second-order valence-corrected chi connectivity index (χ2v) is 7.09. The van der Waals surface area contributed by atoms with Crippen LogP contribution in [0.2, 0.25) is 0 Å². The number of carbonyl (C=O) groups excluding carboxylic acids is 2. The van der Waals surface area contributed by atoms with Gasteiger partial charge in [-0.2, -0.15) is 0 Å². The first-order valence-corrected chi connectivity index (χ1v) is 8.58. The molecule has 0 aromatic heterocycles. The number of hydrogen-bond acceptors (Lipinski definition) is 3. The lowest BCUT2D eigenvalue weighted by atomic mass is 9.82. The van der Waals surface area contributed by atoms with Crippen molar-refractivity contribution >= 4 is 29.2 Å². The van der Waals surface area contributed by atoms with Crippen molar-refractivity contribution in [1.82, 2.24) is 0 Å². The first-order valence-electron chi connectivity index (χ1n) is 8.58. The van der Waals surface area contributed by atoms with Gasteiger partial charge in [0.2, 0.25) is 11.8 Å². The Morgan fingerprint density at radius 1 is 1.16 bits per heavy atom. The fraction of sp³-hybridized carbons (Fsp3) is 0.421. The molecule has 1 saturated carbocycles. The van der Waals surface area contributed by atoms with Crippen LogP contribution in [-0.2, 0) is 20.8 Å². The lowest BCUT2D eigenvalue weighted by molar-refractivity contribution is -0.146. The van der Waals surface area contributed by atoms with E-state index in [1.165, 1.54) is 0 Å². The topological polar surface area (TPSA) is 86.7 Å². The number of rotatable bonds is 3. The third-order valence-corrected chi connectivity index (χ3v) is 5.67. The fourth-order valence-corrected chi connectivity index (χ4v) is 4.55. The monoisotopic (exact) mass is 340 g/mol. The van der Waals surface area contributed by atoms with E-state index >= 15 is 0 Å². The smallest absolute Gasteiger partial charge is 0.307 e. The Hall–Kier alpha value is -2.63. The van der Waals surface area contributed by atoms with Gasteiger partial charge >= 0.3 is 5.97 Å². The van der Waals surface area contributed by atoms with Crippen molar-refractivity contribution in [1.29, 1.82) is 0 Å². The predicted molar refractivity (Wildman–Crippen MR) is 92.2 cm³/mol. The molecule has 2 aliphatic carbocycles. The van der Waals surface area contributed by atoms with Gasteiger partial charge in [-0.25, -0.2) is 0 Å². The van der Waals surface area contributed by atoms with Crippen molar-refractivity contribution in [2.45, 2.75) is 19.8 Å². The van der Waals surface area contributed by atoms with Crippen LogP contribution in [0, 0.1) is 23.7 Å². The van der Waals surface area contributed by atoms with Gasteiger partial charge in [0.25, 0.3) is 0 Å². The van der Waals surface area contributed by atoms with Gasteiger partial charge in [-0.3, -0.25) is 14.4 Å². The SMILES string of the molecule is CC(=O)N1CCc2cc(NC(=O)[C@H]3[C@@H](C(=O)O)[C@H]4C=C[C@@H]3C4)ccc21. The lowest BCUT2D eigenvalue weighted by Crippen LogP contribution is -2.36. The van der Waals surface area contributed by atoms with Crippen LogP contribution in [0.3, 0.4) is 0 Å². The maximum absolute atomic E-state index is 12.7. The molecule has 0 spiro atoms. The van der Waals surface area contributed by atoms with Gasteiger partial charge in [-0.05, 0) is 48.4 Å². The maximum atomic E-state index is 12.7. The molecule has 1 aromatic carbocycles. The van der Waals surface area contributed by atoms with E-state index < -0.39 is 17.8 Å². The molecule has 2 bridgehead atoms. The lowest BCUT2D eigenvalue weighted by Gasteiger charge is -2.24. The zero-order valence-corrected chi connectivity index (χ0v) is 13.9. The number of nitrogens with one attached hydrogen (secondary N) is 1. The molecule has 6 heteroatoms. The normalized spacial score (nSPS) is 28.9. The first-order chi connectivity index (χ1) is 12.0. The van der Waals surface area contributed by atoms with Crippen LogP contribution >= 0.6 is 0 Å². The van der Waals surface area contributed by atoms with Gasteiger partial charge in [0.05, 0.1) is 11.8 Å². The Labute approximate surface area is 145 Å². The summed E-state index contributed by atoms with van der Waals surface area (Å²) in [5, 5.41) is 12.4. The summed E-state index contributed by atoms with van der Waals surface area (Å²) < 4.78 is 0. The number of fused-ring (bicyclic) bond motifs is 3. The number of aliphatic carboxylic acids is 1. The minimum atomic E-state index is -0.900. The maximum Gasteiger partial charge on any atom is 0.307 e. The van der Waals surface area contributed by atoms with Crippen molar-refractivity contribution in [3.8, 4) is 0 Å². The van der Waals surface area contributed by atoms with Crippen molar-refractivity contribution in [3.05, 3.63) is 35.9 Å². The molecule has 130 valence electrons. The molecule has 2 amide bonds. The Morgan fingerprint density at radius 3 is 2.56 bits per heavy atom. The molecule has 2 N–H and O–H groups in total. The average molecular weight is 340 g/mol. The van der Waals surface area contributed by atoms with Gasteiger partial charge in [0, 0.05) is 24.8 Å². The number of anilines is 2. The summed E-state index contributed by atoms with van der Waals surface area (Å²) in [6, 6.07) is 5.50. The molecule has 0 saturated heterocycles. The molecule has 4 rings (SSSR count). The summed E-state index contributed by atoms with van der Waals surface area (Å²) in [7, 11) is 0. The summed E-state index contributed by atoms with van der Waals surface area (Å²) >= 11 is 0. The number of amides is 2. The third kappa shape index (κ3) is 2.52. The molecule has 1 fully saturated rings. The Bertz CT molecular complexity index is 801. The molecule has 1 aliphatic heterocycles. The van der Waals surface area contributed by atoms with Crippen molar-refractivity contribution < 1.29 is 19.5 Å². The highest BCUT2D eigenvalue weighted by Gasteiger charge is 2.51. The predicted octanol–water partition coefficient (Wildman–Crippen LogP) is 2.06. The molecular formula is C19H20N2O4. The highest BCUT2D eigenvalue weighted by Crippen LogP contribution is 2.48. The summed E-state index contributed by atoms with van der Waals surface area (Å²) in [6.45, 7) is 2.19. The number of carboxylic acid groups (broad SMARTS) is 1. The van der Waals surface area contributed by atoms with E-state index in [4.69, 9.17) is 0 Å². The van der Waals surface area contributed by atoms with E-state index in [9.17, 15) is 19.5 Å². The molecule has 0 radical (unpaired) electrons. The van der Waals surface area contributed by atoms with Crippen LogP contribution in [0.15, 0.2) is 30.4 Å². The third-order valence-electron chi connectivity index (χ3n) is 5.67. The van der Waals surface area contributed by atoms with Crippen LogP contribution in [0.1, 0.15) is 18.9 Å². The number of carbonyl (C=O) groups is 3. The summed E-state index contributed by atoms with van der Waals surface area (Å²) in [5.74, 6) is -2.31. The van der Waals surface area contributed by atoms with Gasteiger partial charge in [0.1, 0.15) is 0 Å². The fourth-order valence-electron chi connectivity index (χ4n) is 4.55.